The van der Waals surface area contributed by atoms with Gasteiger partial charge in [-0.15, -0.1) is 23.1 Å². The van der Waals surface area contributed by atoms with Gasteiger partial charge in [0.1, 0.15) is 16.8 Å². The van der Waals surface area contributed by atoms with Crippen LogP contribution in [0.5, 0.6) is 0 Å². The number of nitrogens with one attached hydrogen (secondary N) is 3. The number of hydrogen-bond donors (Lipinski definition) is 3. The Hall–Kier alpha value is -5.47. The Kier molecular flexibility index (Phi) is 11.8. The van der Waals surface area contributed by atoms with Crippen molar-refractivity contribution in [2.45, 2.75) is 43.0 Å². The molecule has 5 aromatic rings. The van der Waals surface area contributed by atoms with Crippen molar-refractivity contribution in [1.82, 2.24) is 10.2 Å². The summed E-state index contributed by atoms with van der Waals surface area (Å²) < 4.78 is 0. The quantitative estimate of drug-likeness (QED) is 0.0891. The van der Waals surface area contributed by atoms with E-state index in [1.54, 1.807) is 36.4 Å². The van der Waals surface area contributed by atoms with E-state index in [1.165, 1.54) is 28.7 Å². The molecule has 0 aliphatic carbocycles. The number of hydrogen-bond acceptors (Lipinski definition) is 7. The Balaban J connectivity index is 1.12. The molecule has 1 aliphatic rings. The lowest BCUT2D eigenvalue weighted by molar-refractivity contribution is -0.116. The van der Waals surface area contributed by atoms with Gasteiger partial charge in [0.15, 0.2) is 0 Å². The van der Waals surface area contributed by atoms with E-state index in [2.05, 4.69) is 39.1 Å². The van der Waals surface area contributed by atoms with Gasteiger partial charge >= 0.3 is 0 Å². The summed E-state index contributed by atoms with van der Waals surface area (Å²) in [7, 11) is 0. The van der Waals surface area contributed by atoms with Gasteiger partial charge in [-0.05, 0) is 65.9 Å². The fourth-order valence-electron chi connectivity index (χ4n) is 5.82. The summed E-state index contributed by atoms with van der Waals surface area (Å²) in [4.78, 5) is 44.4. The number of amides is 3. The molecule has 0 fully saturated rings. The first-order chi connectivity index (χ1) is 24.9. The maximum Gasteiger partial charge on any atom is 0.272 e. The number of carbonyl (C=O) groups excluding carboxylic acids is 3. The number of nitrogens with zero attached hydrogens (tertiary/aromatic N) is 2. The second-order valence-corrected chi connectivity index (χ2v) is 14.4. The average Bonchev–Trinajstić information content (AvgIpc) is 3.50. The van der Waals surface area contributed by atoms with E-state index >= 15 is 0 Å². The predicted octanol–water partition coefficient (Wildman–Crippen LogP) is 8.10. The van der Waals surface area contributed by atoms with Crippen LogP contribution < -0.4 is 16.0 Å². The van der Waals surface area contributed by atoms with E-state index in [-0.39, 0.29) is 11.6 Å². The molecule has 0 saturated heterocycles. The standard InChI is InChI=1S/C41H37N5O3S2/c1-2-36(40(49)45-41-34(25-42)33-21-22-46(27-37(33)51-41)26-29-15-8-4-9-16-29)50-32-20-12-19-31(24-32)43-39(48)35(23-28-13-6-3-7-14-28)44-38(47)30-17-10-5-11-18-30/h3-20,23-24,36H,2,21-22,26-27H2,1H3,(H,43,48)(H,44,47)(H,45,49)/b35-23-. The molecule has 0 radical (unpaired) electrons. The van der Waals surface area contributed by atoms with Crippen LogP contribution in [0.1, 0.15) is 50.8 Å². The van der Waals surface area contributed by atoms with Crippen molar-refractivity contribution >= 4 is 57.6 Å². The van der Waals surface area contributed by atoms with Crippen molar-refractivity contribution in [1.29, 1.82) is 5.26 Å². The number of rotatable bonds is 12. The molecule has 8 nitrogen and oxygen atoms in total. The van der Waals surface area contributed by atoms with Crippen molar-refractivity contribution < 1.29 is 14.4 Å². The summed E-state index contributed by atoms with van der Waals surface area (Å²) in [5.41, 5.74) is 4.64. The molecule has 1 unspecified atom stereocenters. The van der Waals surface area contributed by atoms with E-state index in [0.717, 1.165) is 47.0 Å². The Morgan fingerprint density at radius 2 is 1.63 bits per heavy atom. The van der Waals surface area contributed by atoms with Gasteiger partial charge in [0.25, 0.3) is 11.8 Å². The van der Waals surface area contributed by atoms with Crippen LogP contribution in [0.3, 0.4) is 0 Å². The summed E-state index contributed by atoms with van der Waals surface area (Å²) in [6.07, 6.45) is 2.95. The lowest BCUT2D eigenvalue weighted by Crippen LogP contribution is -2.30. The van der Waals surface area contributed by atoms with Crippen LogP contribution in [-0.2, 0) is 29.1 Å². The number of fused-ring (bicyclic) bond motifs is 1. The summed E-state index contributed by atoms with van der Waals surface area (Å²) in [5, 5.41) is 19.0. The van der Waals surface area contributed by atoms with Crippen molar-refractivity contribution in [3.8, 4) is 6.07 Å². The third-order valence-corrected chi connectivity index (χ3v) is 10.9. The molecule has 0 bridgehead atoms. The van der Waals surface area contributed by atoms with E-state index in [1.807, 2.05) is 79.7 Å². The van der Waals surface area contributed by atoms with Crippen molar-refractivity contribution in [3.63, 3.8) is 0 Å². The highest BCUT2D eigenvalue weighted by Gasteiger charge is 2.27. The van der Waals surface area contributed by atoms with Gasteiger partial charge in [0.2, 0.25) is 5.91 Å². The summed E-state index contributed by atoms with van der Waals surface area (Å²) in [5.74, 6) is -1.06. The van der Waals surface area contributed by atoms with Gasteiger partial charge in [-0.25, -0.2) is 0 Å². The minimum Gasteiger partial charge on any atom is -0.321 e. The lowest BCUT2D eigenvalue weighted by atomic mass is 10.0. The first kappa shape index (κ1) is 35.4. The summed E-state index contributed by atoms with van der Waals surface area (Å²) in [6.45, 7) is 4.37. The minimum atomic E-state index is -0.483. The number of carbonyl (C=O) groups is 3. The fraction of sp³-hybridized carbons (Fsp3) is 0.171. The summed E-state index contributed by atoms with van der Waals surface area (Å²) >= 11 is 2.88. The van der Waals surface area contributed by atoms with Crippen LogP contribution in [0.25, 0.3) is 6.08 Å². The van der Waals surface area contributed by atoms with Crippen molar-refractivity contribution in [2.24, 2.45) is 0 Å². The molecule has 6 rings (SSSR count). The van der Waals surface area contributed by atoms with Gasteiger partial charge < -0.3 is 16.0 Å². The van der Waals surface area contributed by atoms with Gasteiger partial charge in [0.05, 0.1) is 10.8 Å². The maximum absolute atomic E-state index is 13.6. The van der Waals surface area contributed by atoms with Crippen LogP contribution in [0.15, 0.2) is 126 Å². The summed E-state index contributed by atoms with van der Waals surface area (Å²) in [6, 6.07) is 38.0. The molecule has 10 heteroatoms. The van der Waals surface area contributed by atoms with Crippen molar-refractivity contribution in [2.75, 3.05) is 17.2 Å². The van der Waals surface area contributed by atoms with E-state index in [4.69, 9.17) is 0 Å². The second kappa shape index (κ2) is 17.0. The predicted molar refractivity (Wildman–Crippen MR) is 205 cm³/mol. The molecule has 3 N–H and O–H groups in total. The molecular weight excluding hydrogens is 675 g/mol. The smallest absolute Gasteiger partial charge is 0.272 e. The molecule has 1 aliphatic heterocycles. The van der Waals surface area contributed by atoms with Crippen LogP contribution in [-0.4, -0.2) is 34.4 Å². The molecule has 0 spiro atoms. The molecule has 3 amide bonds. The highest BCUT2D eigenvalue weighted by molar-refractivity contribution is 8.00. The van der Waals surface area contributed by atoms with Crippen molar-refractivity contribution in [3.05, 3.63) is 154 Å². The zero-order valence-electron chi connectivity index (χ0n) is 28.1. The Morgan fingerprint density at radius 1 is 0.922 bits per heavy atom. The average molecular weight is 712 g/mol. The Morgan fingerprint density at radius 3 is 2.33 bits per heavy atom. The molecule has 1 atom stereocenters. The molecule has 256 valence electrons. The van der Waals surface area contributed by atoms with Gasteiger partial charge in [-0.1, -0.05) is 91.9 Å². The van der Waals surface area contributed by atoms with Crippen LogP contribution in [0.4, 0.5) is 10.7 Å². The van der Waals surface area contributed by atoms with Crippen LogP contribution >= 0.6 is 23.1 Å². The second-order valence-electron chi connectivity index (χ2n) is 12.0. The number of thioether (sulfide) groups is 1. The van der Waals surface area contributed by atoms with E-state index in [9.17, 15) is 19.6 Å². The highest BCUT2D eigenvalue weighted by Crippen LogP contribution is 2.38. The topological polar surface area (TPSA) is 114 Å². The number of anilines is 2. The largest absolute Gasteiger partial charge is 0.321 e. The van der Waals surface area contributed by atoms with Gasteiger partial charge in [0, 0.05) is 40.7 Å². The normalized spacial score (nSPS) is 13.4. The van der Waals surface area contributed by atoms with E-state index in [0.29, 0.717) is 28.2 Å². The number of thiophene rings is 1. The Labute approximate surface area is 306 Å². The van der Waals surface area contributed by atoms with Crippen LogP contribution in [0.2, 0.25) is 0 Å². The monoisotopic (exact) mass is 711 g/mol. The number of benzene rings is 4. The first-order valence-electron chi connectivity index (χ1n) is 16.7. The van der Waals surface area contributed by atoms with Gasteiger partial charge in [-0.3, -0.25) is 19.3 Å². The SMILES string of the molecule is CCC(Sc1cccc(NC(=O)/C(=C/c2ccccc2)NC(=O)c2ccccc2)c1)C(=O)Nc1sc2c(c1C#N)CCN(Cc1ccccc1)C2. The fourth-order valence-corrected chi connectivity index (χ4v) is 8.08. The van der Waals surface area contributed by atoms with E-state index < -0.39 is 17.1 Å². The molecule has 0 saturated carbocycles. The Bertz CT molecular complexity index is 2080. The third kappa shape index (κ3) is 9.21. The zero-order valence-corrected chi connectivity index (χ0v) is 29.7. The van der Waals surface area contributed by atoms with Gasteiger partial charge in [-0.2, -0.15) is 5.26 Å². The molecule has 1 aromatic heterocycles. The molecule has 51 heavy (non-hydrogen) atoms. The first-order valence-corrected chi connectivity index (χ1v) is 18.4. The molecule has 4 aromatic carbocycles. The number of nitriles is 1. The lowest BCUT2D eigenvalue weighted by Gasteiger charge is -2.26. The van der Waals surface area contributed by atoms with Crippen LogP contribution in [0, 0.1) is 11.3 Å². The minimum absolute atomic E-state index is 0.0917. The molecule has 2 heterocycles. The molecular formula is C41H37N5O3S2. The highest BCUT2D eigenvalue weighted by atomic mass is 32.2. The zero-order chi connectivity index (χ0) is 35.6. The third-order valence-electron chi connectivity index (χ3n) is 8.41. The maximum atomic E-state index is 13.6.